The molecule has 0 aliphatic heterocycles. The Balaban J connectivity index is 1.27. The summed E-state index contributed by atoms with van der Waals surface area (Å²) in [6.07, 6.45) is 8.53. The van der Waals surface area contributed by atoms with Crippen LogP contribution in [0.4, 0.5) is 0 Å². The van der Waals surface area contributed by atoms with E-state index in [4.69, 9.17) is 0 Å². The van der Waals surface area contributed by atoms with Crippen LogP contribution in [-0.2, 0) is 17.8 Å². The maximum atomic E-state index is 12.1. The lowest BCUT2D eigenvalue weighted by atomic mass is 10.2. The predicted molar refractivity (Wildman–Crippen MR) is 91.8 cm³/mol. The normalized spacial score (nSPS) is 11.2. The molecule has 1 amide bonds. The van der Waals surface area contributed by atoms with Gasteiger partial charge in [0.05, 0.1) is 17.4 Å². The summed E-state index contributed by atoms with van der Waals surface area (Å²) in [4.78, 5) is 24.6. The number of benzene rings is 1. The molecule has 0 unspecified atom stereocenters. The molecule has 8 nitrogen and oxygen atoms in total. The van der Waals surface area contributed by atoms with E-state index in [9.17, 15) is 4.79 Å². The van der Waals surface area contributed by atoms with Gasteiger partial charge in [0, 0.05) is 18.9 Å². The van der Waals surface area contributed by atoms with Crippen LogP contribution in [0.2, 0.25) is 0 Å². The van der Waals surface area contributed by atoms with Crippen LogP contribution in [0.5, 0.6) is 0 Å². The Labute approximate surface area is 143 Å². The van der Waals surface area contributed by atoms with Gasteiger partial charge in [-0.05, 0) is 30.5 Å². The molecule has 0 saturated heterocycles. The number of aryl methyl sites for hydroxylation is 1. The number of nitrogens with zero attached hydrogens (tertiary/aromatic N) is 6. The topological polar surface area (TPSA) is 90.0 Å². The molecule has 8 heteroatoms. The van der Waals surface area contributed by atoms with Crippen LogP contribution in [-0.4, -0.2) is 41.6 Å². The minimum atomic E-state index is -0.0204. The monoisotopic (exact) mass is 335 g/mol. The number of imidazole rings is 1. The molecule has 1 N–H and O–H groups in total. The van der Waals surface area contributed by atoms with Gasteiger partial charge in [0.15, 0.2) is 0 Å². The van der Waals surface area contributed by atoms with Gasteiger partial charge < -0.3 is 9.88 Å². The number of rotatable bonds is 6. The summed E-state index contributed by atoms with van der Waals surface area (Å²) < 4.78 is 3.51. The maximum absolute atomic E-state index is 12.1. The Hall–Kier alpha value is -3.29. The van der Waals surface area contributed by atoms with E-state index >= 15 is 0 Å². The Bertz CT molecular complexity index is 1020. The van der Waals surface area contributed by atoms with Gasteiger partial charge in [-0.1, -0.05) is 12.1 Å². The second-order valence-electron chi connectivity index (χ2n) is 5.78. The first-order chi connectivity index (χ1) is 12.3. The maximum Gasteiger partial charge on any atom is 0.252 e. The van der Waals surface area contributed by atoms with Crippen LogP contribution < -0.4 is 5.32 Å². The third kappa shape index (κ3) is 3.32. The SMILES string of the molecule is O=C(Cn1cnc2ccccc21)NCCCc1cnc2ncnn2c1. The number of amides is 1. The third-order valence-corrected chi connectivity index (χ3v) is 3.99. The molecule has 0 atom stereocenters. The van der Waals surface area contributed by atoms with Gasteiger partial charge in [0.25, 0.3) is 5.78 Å². The number of carbonyl (C=O) groups is 1. The Kier molecular flexibility index (Phi) is 4.07. The smallest absolute Gasteiger partial charge is 0.252 e. The summed E-state index contributed by atoms with van der Waals surface area (Å²) in [6.45, 7) is 0.883. The molecule has 0 bridgehead atoms. The van der Waals surface area contributed by atoms with Crippen molar-refractivity contribution in [3.63, 3.8) is 0 Å². The number of hydrogen-bond donors (Lipinski definition) is 1. The Morgan fingerprint density at radius 2 is 2.08 bits per heavy atom. The van der Waals surface area contributed by atoms with Gasteiger partial charge in [-0.2, -0.15) is 10.1 Å². The highest BCUT2D eigenvalue weighted by atomic mass is 16.1. The molecule has 0 aliphatic carbocycles. The van der Waals surface area contributed by atoms with Crippen molar-refractivity contribution in [3.8, 4) is 0 Å². The van der Waals surface area contributed by atoms with Crippen molar-refractivity contribution >= 4 is 22.7 Å². The molecule has 4 aromatic rings. The van der Waals surface area contributed by atoms with Gasteiger partial charge in [-0.25, -0.2) is 14.5 Å². The van der Waals surface area contributed by atoms with E-state index in [0.29, 0.717) is 12.3 Å². The van der Waals surface area contributed by atoms with Crippen LogP contribution in [0.25, 0.3) is 16.8 Å². The zero-order valence-electron chi connectivity index (χ0n) is 13.5. The largest absolute Gasteiger partial charge is 0.355 e. The van der Waals surface area contributed by atoms with Gasteiger partial charge in [-0.15, -0.1) is 0 Å². The fraction of sp³-hybridized carbons (Fsp3) is 0.235. The summed E-state index contributed by atoms with van der Waals surface area (Å²) in [5.74, 6) is 0.567. The van der Waals surface area contributed by atoms with Crippen molar-refractivity contribution in [2.45, 2.75) is 19.4 Å². The van der Waals surface area contributed by atoms with Crippen LogP contribution in [0, 0.1) is 0 Å². The summed E-state index contributed by atoms with van der Waals surface area (Å²) in [5.41, 5.74) is 2.92. The van der Waals surface area contributed by atoms with Crippen LogP contribution in [0.1, 0.15) is 12.0 Å². The zero-order valence-corrected chi connectivity index (χ0v) is 13.5. The van der Waals surface area contributed by atoms with Gasteiger partial charge >= 0.3 is 0 Å². The first-order valence-corrected chi connectivity index (χ1v) is 8.10. The van der Waals surface area contributed by atoms with Crippen molar-refractivity contribution < 1.29 is 4.79 Å². The van der Waals surface area contributed by atoms with E-state index in [0.717, 1.165) is 29.4 Å². The van der Waals surface area contributed by atoms with Crippen molar-refractivity contribution in [2.75, 3.05) is 6.54 Å². The fourth-order valence-electron chi connectivity index (χ4n) is 2.75. The number of nitrogens with one attached hydrogen (secondary N) is 1. The van der Waals surface area contributed by atoms with Crippen molar-refractivity contribution in [1.82, 2.24) is 34.4 Å². The first-order valence-electron chi connectivity index (χ1n) is 8.10. The van der Waals surface area contributed by atoms with E-state index in [1.165, 1.54) is 6.33 Å². The minimum Gasteiger partial charge on any atom is -0.355 e. The Morgan fingerprint density at radius 3 is 3.04 bits per heavy atom. The highest BCUT2D eigenvalue weighted by molar-refractivity contribution is 5.80. The van der Waals surface area contributed by atoms with Gasteiger partial charge in [0.2, 0.25) is 5.91 Å². The molecule has 0 spiro atoms. The van der Waals surface area contributed by atoms with E-state index in [1.807, 2.05) is 35.0 Å². The number of hydrogen-bond acceptors (Lipinski definition) is 5. The molecular weight excluding hydrogens is 318 g/mol. The average molecular weight is 335 g/mol. The lowest BCUT2D eigenvalue weighted by Crippen LogP contribution is -2.28. The molecule has 126 valence electrons. The third-order valence-electron chi connectivity index (χ3n) is 3.99. The van der Waals surface area contributed by atoms with Crippen molar-refractivity contribution in [2.24, 2.45) is 0 Å². The van der Waals surface area contributed by atoms with Crippen molar-refractivity contribution in [1.29, 1.82) is 0 Å². The minimum absolute atomic E-state index is 0.0204. The van der Waals surface area contributed by atoms with E-state index < -0.39 is 0 Å². The second-order valence-corrected chi connectivity index (χ2v) is 5.78. The number of aromatic nitrogens is 6. The molecule has 0 fully saturated rings. The molecule has 1 aromatic carbocycles. The van der Waals surface area contributed by atoms with Gasteiger partial charge in [0.1, 0.15) is 12.9 Å². The number of fused-ring (bicyclic) bond motifs is 2. The highest BCUT2D eigenvalue weighted by Crippen LogP contribution is 2.11. The van der Waals surface area contributed by atoms with Gasteiger partial charge in [-0.3, -0.25) is 4.79 Å². The van der Waals surface area contributed by atoms with E-state index in [-0.39, 0.29) is 12.5 Å². The molecule has 0 aliphatic rings. The van der Waals surface area contributed by atoms with Crippen LogP contribution in [0.15, 0.2) is 49.3 Å². The molecule has 25 heavy (non-hydrogen) atoms. The molecule has 3 heterocycles. The fourth-order valence-corrected chi connectivity index (χ4v) is 2.75. The lowest BCUT2D eigenvalue weighted by Gasteiger charge is -2.07. The standard InChI is InChI=1S/C17H17N7O/c25-16(10-23-12-21-14-5-1-2-6-15(14)23)18-7-3-4-13-8-19-17-20-11-22-24(17)9-13/h1-2,5-6,8-9,11-12H,3-4,7,10H2,(H,18,25). The quantitative estimate of drug-likeness (QED) is 0.535. The molecular formula is C17H17N7O. The summed E-state index contributed by atoms with van der Waals surface area (Å²) in [5, 5.41) is 7.01. The second kappa shape index (κ2) is 6.68. The van der Waals surface area contributed by atoms with E-state index in [2.05, 4.69) is 25.4 Å². The predicted octanol–water partition coefficient (Wildman–Crippen LogP) is 1.22. The Morgan fingerprint density at radius 1 is 1.16 bits per heavy atom. The van der Waals surface area contributed by atoms with E-state index in [1.54, 1.807) is 17.0 Å². The molecule has 3 aromatic heterocycles. The molecule has 0 radical (unpaired) electrons. The average Bonchev–Trinajstić information content (AvgIpc) is 3.25. The van der Waals surface area contributed by atoms with Crippen molar-refractivity contribution in [3.05, 3.63) is 54.9 Å². The van der Waals surface area contributed by atoms with Crippen LogP contribution >= 0.6 is 0 Å². The molecule has 4 rings (SSSR count). The summed E-state index contributed by atoms with van der Waals surface area (Å²) in [6, 6.07) is 7.77. The molecule has 0 saturated carbocycles. The summed E-state index contributed by atoms with van der Waals surface area (Å²) in [7, 11) is 0. The highest BCUT2D eigenvalue weighted by Gasteiger charge is 2.06. The lowest BCUT2D eigenvalue weighted by molar-refractivity contribution is -0.121. The van der Waals surface area contributed by atoms with Crippen LogP contribution in [0.3, 0.4) is 0 Å². The summed E-state index contributed by atoms with van der Waals surface area (Å²) >= 11 is 0. The number of para-hydroxylation sites is 2. The zero-order chi connectivity index (χ0) is 17.1. The number of carbonyl (C=O) groups excluding carboxylic acids is 1. The first kappa shape index (κ1) is 15.3.